The number of nitrogens with zero attached hydrogens (tertiary/aromatic N) is 1. The first kappa shape index (κ1) is 14.0. The standard InChI is InChI=1S/C17H20N2O2/c1-20-15-9-16-12(3-2-4-17(16)19-10-15)5-7-14-8-6-13(18)11-21-14/h2-5,7,9-10,13-14H,6,8,11,18H2,1H3/t13-,14-/m1/s1. The van der Waals surface area contributed by atoms with Crippen LogP contribution in [0.1, 0.15) is 18.4 Å². The Balaban J connectivity index is 1.86. The molecule has 0 amide bonds. The summed E-state index contributed by atoms with van der Waals surface area (Å²) in [4.78, 5) is 4.41. The third-order valence-electron chi connectivity index (χ3n) is 3.81. The lowest BCUT2D eigenvalue weighted by molar-refractivity contribution is 0.0349. The molecule has 1 aromatic heterocycles. The number of aromatic nitrogens is 1. The number of nitrogens with two attached hydrogens (primary N) is 1. The number of ether oxygens (including phenoxy) is 2. The molecule has 2 N–H and O–H groups in total. The van der Waals surface area contributed by atoms with Gasteiger partial charge in [-0.1, -0.05) is 24.3 Å². The average Bonchev–Trinajstić information content (AvgIpc) is 2.54. The van der Waals surface area contributed by atoms with Crippen molar-refractivity contribution >= 4 is 17.0 Å². The minimum atomic E-state index is 0.152. The van der Waals surface area contributed by atoms with Crippen molar-refractivity contribution in [3.05, 3.63) is 42.1 Å². The van der Waals surface area contributed by atoms with Crippen molar-refractivity contribution < 1.29 is 9.47 Å². The molecule has 0 unspecified atom stereocenters. The topological polar surface area (TPSA) is 57.4 Å². The SMILES string of the molecule is COc1cnc2cccc(C=C[C@@H]3CC[C@@H](N)CO3)c2c1. The Morgan fingerprint density at radius 2 is 2.29 bits per heavy atom. The lowest BCUT2D eigenvalue weighted by Gasteiger charge is -2.24. The molecule has 110 valence electrons. The smallest absolute Gasteiger partial charge is 0.137 e. The van der Waals surface area contributed by atoms with Crippen molar-refractivity contribution in [3.63, 3.8) is 0 Å². The predicted molar refractivity (Wildman–Crippen MR) is 84.3 cm³/mol. The van der Waals surface area contributed by atoms with Crippen LogP contribution in [0.4, 0.5) is 0 Å². The van der Waals surface area contributed by atoms with E-state index >= 15 is 0 Å². The fraction of sp³-hybridized carbons (Fsp3) is 0.353. The maximum Gasteiger partial charge on any atom is 0.137 e. The maximum atomic E-state index is 5.84. The van der Waals surface area contributed by atoms with Crippen LogP contribution in [0.15, 0.2) is 36.5 Å². The van der Waals surface area contributed by atoms with E-state index in [4.69, 9.17) is 15.2 Å². The van der Waals surface area contributed by atoms with Crippen LogP contribution in [-0.2, 0) is 4.74 Å². The summed E-state index contributed by atoms with van der Waals surface area (Å²) in [5, 5.41) is 1.08. The molecule has 4 heteroatoms. The molecule has 1 aromatic carbocycles. The molecule has 1 aliphatic rings. The summed E-state index contributed by atoms with van der Waals surface area (Å²) in [6.07, 6.45) is 8.09. The van der Waals surface area contributed by atoms with Gasteiger partial charge in [-0.25, -0.2) is 0 Å². The summed E-state index contributed by atoms with van der Waals surface area (Å²) in [5.41, 5.74) is 7.92. The summed E-state index contributed by atoms with van der Waals surface area (Å²) in [6, 6.07) is 8.29. The molecule has 0 spiro atoms. The highest BCUT2D eigenvalue weighted by Crippen LogP contribution is 2.23. The minimum absolute atomic E-state index is 0.152. The molecule has 2 heterocycles. The second-order valence-corrected chi connectivity index (χ2v) is 5.36. The largest absolute Gasteiger partial charge is 0.495 e. The monoisotopic (exact) mass is 284 g/mol. The third kappa shape index (κ3) is 3.23. The first-order chi connectivity index (χ1) is 10.3. The van der Waals surface area contributed by atoms with Gasteiger partial charge in [0.1, 0.15) is 5.75 Å². The maximum absolute atomic E-state index is 5.84. The van der Waals surface area contributed by atoms with Crippen LogP contribution in [0, 0.1) is 0 Å². The zero-order chi connectivity index (χ0) is 14.7. The molecule has 21 heavy (non-hydrogen) atoms. The van der Waals surface area contributed by atoms with E-state index in [1.165, 1.54) is 0 Å². The van der Waals surface area contributed by atoms with Crippen molar-refractivity contribution in [1.29, 1.82) is 0 Å². The average molecular weight is 284 g/mol. The molecule has 2 aromatic rings. The van der Waals surface area contributed by atoms with Gasteiger partial charge in [-0.3, -0.25) is 4.98 Å². The Bertz CT molecular complexity index is 646. The number of rotatable bonds is 3. The number of fused-ring (bicyclic) bond motifs is 1. The van der Waals surface area contributed by atoms with Gasteiger partial charge >= 0.3 is 0 Å². The fourth-order valence-electron chi connectivity index (χ4n) is 2.56. The Labute approximate surface area is 124 Å². The number of methoxy groups -OCH3 is 1. The van der Waals surface area contributed by atoms with Crippen LogP contribution in [0.5, 0.6) is 5.75 Å². The number of pyridine rings is 1. The van der Waals surface area contributed by atoms with Crippen molar-refractivity contribution in [2.75, 3.05) is 13.7 Å². The van der Waals surface area contributed by atoms with Crippen LogP contribution in [-0.4, -0.2) is 30.8 Å². The fourth-order valence-corrected chi connectivity index (χ4v) is 2.56. The summed E-state index contributed by atoms with van der Waals surface area (Å²) in [7, 11) is 1.65. The van der Waals surface area contributed by atoms with Gasteiger partial charge in [0.15, 0.2) is 0 Å². The second-order valence-electron chi connectivity index (χ2n) is 5.36. The molecular weight excluding hydrogens is 264 g/mol. The lowest BCUT2D eigenvalue weighted by Crippen LogP contribution is -2.34. The second kappa shape index (κ2) is 6.24. The highest BCUT2D eigenvalue weighted by Gasteiger charge is 2.16. The molecule has 0 radical (unpaired) electrons. The Morgan fingerprint density at radius 1 is 1.38 bits per heavy atom. The number of hydrogen-bond donors (Lipinski definition) is 1. The van der Waals surface area contributed by atoms with E-state index in [1.807, 2.05) is 18.2 Å². The van der Waals surface area contributed by atoms with E-state index in [1.54, 1.807) is 13.3 Å². The highest BCUT2D eigenvalue weighted by molar-refractivity contribution is 5.88. The minimum Gasteiger partial charge on any atom is -0.495 e. The molecule has 0 bridgehead atoms. The van der Waals surface area contributed by atoms with Crippen LogP contribution in [0.2, 0.25) is 0 Å². The van der Waals surface area contributed by atoms with Crippen molar-refractivity contribution in [2.24, 2.45) is 5.73 Å². The molecule has 0 saturated carbocycles. The van der Waals surface area contributed by atoms with E-state index in [2.05, 4.69) is 23.2 Å². The summed E-state index contributed by atoms with van der Waals surface area (Å²) in [5.74, 6) is 0.767. The molecular formula is C17H20N2O2. The van der Waals surface area contributed by atoms with E-state index in [9.17, 15) is 0 Å². The van der Waals surface area contributed by atoms with Gasteiger partial charge in [-0.05, 0) is 30.5 Å². The van der Waals surface area contributed by atoms with Gasteiger partial charge in [0, 0.05) is 11.4 Å². The Morgan fingerprint density at radius 3 is 3.05 bits per heavy atom. The first-order valence-corrected chi connectivity index (χ1v) is 7.24. The highest BCUT2D eigenvalue weighted by atomic mass is 16.5. The van der Waals surface area contributed by atoms with Gasteiger partial charge < -0.3 is 15.2 Å². The zero-order valence-corrected chi connectivity index (χ0v) is 12.2. The number of hydrogen-bond acceptors (Lipinski definition) is 4. The lowest BCUT2D eigenvalue weighted by atomic mass is 10.0. The van der Waals surface area contributed by atoms with Crippen LogP contribution < -0.4 is 10.5 Å². The van der Waals surface area contributed by atoms with Crippen molar-refractivity contribution in [3.8, 4) is 5.75 Å². The van der Waals surface area contributed by atoms with Gasteiger partial charge in [0.25, 0.3) is 0 Å². The van der Waals surface area contributed by atoms with Gasteiger partial charge in [0.2, 0.25) is 0 Å². The Hall–Kier alpha value is -1.91. The molecule has 2 atom stereocenters. The van der Waals surface area contributed by atoms with Crippen LogP contribution in [0.25, 0.3) is 17.0 Å². The van der Waals surface area contributed by atoms with E-state index < -0.39 is 0 Å². The van der Waals surface area contributed by atoms with E-state index in [0.717, 1.165) is 35.1 Å². The molecule has 1 aliphatic heterocycles. The molecule has 3 rings (SSSR count). The van der Waals surface area contributed by atoms with Crippen LogP contribution >= 0.6 is 0 Å². The normalized spacial score (nSPS) is 22.8. The zero-order valence-electron chi connectivity index (χ0n) is 12.2. The predicted octanol–water partition coefficient (Wildman–Crippen LogP) is 2.76. The molecule has 1 saturated heterocycles. The van der Waals surface area contributed by atoms with Crippen LogP contribution in [0.3, 0.4) is 0 Å². The summed E-state index contributed by atoms with van der Waals surface area (Å²) in [6.45, 7) is 0.639. The Kier molecular flexibility index (Phi) is 4.18. The first-order valence-electron chi connectivity index (χ1n) is 7.24. The van der Waals surface area contributed by atoms with Gasteiger partial charge in [0.05, 0.1) is 31.5 Å². The van der Waals surface area contributed by atoms with Crippen molar-refractivity contribution in [2.45, 2.75) is 25.0 Å². The summed E-state index contributed by atoms with van der Waals surface area (Å²) >= 11 is 0. The number of benzene rings is 1. The van der Waals surface area contributed by atoms with Gasteiger partial charge in [-0.2, -0.15) is 0 Å². The van der Waals surface area contributed by atoms with E-state index in [0.29, 0.717) is 6.61 Å². The van der Waals surface area contributed by atoms with E-state index in [-0.39, 0.29) is 12.1 Å². The molecule has 4 nitrogen and oxygen atoms in total. The molecule has 0 aliphatic carbocycles. The third-order valence-corrected chi connectivity index (χ3v) is 3.81. The van der Waals surface area contributed by atoms with Gasteiger partial charge in [-0.15, -0.1) is 0 Å². The molecule has 1 fully saturated rings. The summed E-state index contributed by atoms with van der Waals surface area (Å²) < 4.78 is 11.0. The quantitative estimate of drug-likeness (QED) is 0.941. The van der Waals surface area contributed by atoms with Crippen molar-refractivity contribution in [1.82, 2.24) is 4.98 Å².